The van der Waals surface area contributed by atoms with Crippen molar-refractivity contribution < 1.29 is 28.8 Å². The second-order valence-electron chi connectivity index (χ2n) is 8.07. The summed E-state index contributed by atoms with van der Waals surface area (Å²) in [5.74, 6) is -1.03. The summed E-state index contributed by atoms with van der Waals surface area (Å²) in [5, 5.41) is 10.4. The molecule has 2 aliphatic carbocycles. The van der Waals surface area contributed by atoms with Gasteiger partial charge in [-0.2, -0.15) is 0 Å². The molecule has 0 aromatic carbocycles. The molecular weight excluding hydrogens is 312 g/mol. The minimum absolute atomic E-state index is 0.216. The topological polar surface area (TPSA) is 66.4 Å². The highest BCUT2D eigenvalue weighted by atomic mass is 16.8. The summed E-state index contributed by atoms with van der Waals surface area (Å²) < 4.78 is 30.9. The van der Waals surface area contributed by atoms with Crippen molar-refractivity contribution in [2.45, 2.75) is 106 Å². The molecule has 136 valence electrons. The van der Waals surface area contributed by atoms with Crippen molar-refractivity contribution in [1.29, 1.82) is 0 Å². The van der Waals surface area contributed by atoms with Gasteiger partial charge in [0.25, 0.3) is 0 Å². The number of fused-ring (bicyclic) bond motifs is 3. The van der Waals surface area contributed by atoms with E-state index in [9.17, 15) is 5.11 Å². The zero-order valence-corrected chi connectivity index (χ0v) is 14.2. The molecule has 6 nitrogen and oxygen atoms in total. The Kier molecular flexibility index (Phi) is 3.92. The Bertz CT molecular complexity index is 470. The third-order valence-electron chi connectivity index (χ3n) is 6.40. The first-order valence-electron chi connectivity index (χ1n) is 9.70. The number of aliphatic hydroxyl groups is 1. The van der Waals surface area contributed by atoms with Crippen LogP contribution in [0.4, 0.5) is 0 Å². The molecule has 0 aromatic rings. The molecule has 0 aromatic heterocycles. The van der Waals surface area contributed by atoms with E-state index >= 15 is 0 Å². The Morgan fingerprint density at radius 2 is 1.25 bits per heavy atom. The highest BCUT2D eigenvalue weighted by Gasteiger charge is 2.61. The lowest BCUT2D eigenvalue weighted by atomic mass is 9.90. The van der Waals surface area contributed by atoms with Gasteiger partial charge in [-0.25, -0.2) is 0 Å². The molecule has 0 bridgehead atoms. The van der Waals surface area contributed by atoms with Gasteiger partial charge in [-0.15, -0.1) is 0 Å². The summed E-state index contributed by atoms with van der Waals surface area (Å²) in [7, 11) is 0. The standard InChI is InChI=1S/C18H28O6/c19-16-15-14(23-18(24-15)9-5-2-6-10-18)13-12(21-16)11-20-17(22-13)7-3-1-4-8-17/h12-16,19H,1-11H2/t12-,13-,14+,15+,16+/m1/s1. The molecule has 0 amide bonds. The molecule has 3 aliphatic heterocycles. The van der Waals surface area contributed by atoms with E-state index in [2.05, 4.69) is 0 Å². The van der Waals surface area contributed by atoms with E-state index < -0.39 is 24.0 Å². The van der Waals surface area contributed by atoms with Crippen LogP contribution in [-0.4, -0.2) is 54.0 Å². The lowest BCUT2D eigenvalue weighted by Gasteiger charge is -2.50. The fraction of sp³-hybridized carbons (Fsp3) is 1.00. The monoisotopic (exact) mass is 340 g/mol. The third kappa shape index (κ3) is 2.54. The van der Waals surface area contributed by atoms with Crippen molar-refractivity contribution >= 4 is 0 Å². The summed E-state index contributed by atoms with van der Waals surface area (Å²) in [6.07, 6.45) is 8.43. The first-order valence-corrected chi connectivity index (χ1v) is 9.70. The van der Waals surface area contributed by atoms with Crippen LogP contribution in [0.15, 0.2) is 0 Å². The molecule has 2 saturated carbocycles. The Balaban J connectivity index is 1.38. The normalized spacial score (nSPS) is 46.6. The highest BCUT2D eigenvalue weighted by molar-refractivity contribution is 5.01. The van der Waals surface area contributed by atoms with Crippen LogP contribution < -0.4 is 0 Å². The second-order valence-corrected chi connectivity index (χ2v) is 8.07. The summed E-state index contributed by atoms with van der Waals surface area (Å²) in [6.45, 7) is 0.460. The molecule has 0 unspecified atom stereocenters. The van der Waals surface area contributed by atoms with Crippen LogP contribution in [0.5, 0.6) is 0 Å². The van der Waals surface area contributed by atoms with E-state index in [-0.39, 0.29) is 18.3 Å². The SMILES string of the molecule is O[C@H]1O[C@@H]2COC3(CCCCC3)O[C@H]2[C@@H]2OC3(CCCCC3)O[C@@H]21. The van der Waals surface area contributed by atoms with Crippen LogP contribution in [0.25, 0.3) is 0 Å². The molecule has 2 spiro atoms. The average molecular weight is 340 g/mol. The zero-order chi connectivity index (χ0) is 16.2. The van der Waals surface area contributed by atoms with Crippen molar-refractivity contribution in [2.24, 2.45) is 0 Å². The Morgan fingerprint density at radius 1 is 0.667 bits per heavy atom. The number of rotatable bonds is 0. The first-order chi connectivity index (χ1) is 11.7. The molecule has 6 heteroatoms. The van der Waals surface area contributed by atoms with Gasteiger partial charge in [0.1, 0.15) is 24.4 Å². The molecule has 5 fully saturated rings. The predicted molar refractivity (Wildman–Crippen MR) is 83.1 cm³/mol. The Labute approximate surface area is 142 Å². The van der Waals surface area contributed by atoms with Crippen LogP contribution in [0.2, 0.25) is 0 Å². The van der Waals surface area contributed by atoms with Gasteiger partial charge in [0, 0.05) is 25.7 Å². The van der Waals surface area contributed by atoms with Crippen LogP contribution in [-0.2, 0) is 23.7 Å². The molecule has 5 atom stereocenters. The summed E-state index contributed by atoms with van der Waals surface area (Å²) >= 11 is 0. The quantitative estimate of drug-likeness (QED) is 0.729. The van der Waals surface area contributed by atoms with Crippen molar-refractivity contribution in [3.05, 3.63) is 0 Å². The molecule has 5 rings (SSSR count). The fourth-order valence-corrected chi connectivity index (χ4v) is 5.15. The van der Waals surface area contributed by atoms with Crippen LogP contribution in [0.3, 0.4) is 0 Å². The van der Waals surface area contributed by atoms with Gasteiger partial charge in [-0.3, -0.25) is 0 Å². The van der Waals surface area contributed by atoms with Crippen molar-refractivity contribution in [3.8, 4) is 0 Å². The van der Waals surface area contributed by atoms with E-state index in [4.69, 9.17) is 23.7 Å². The summed E-state index contributed by atoms with van der Waals surface area (Å²) in [6, 6.07) is 0. The summed E-state index contributed by atoms with van der Waals surface area (Å²) in [5.41, 5.74) is 0. The highest BCUT2D eigenvalue weighted by Crippen LogP contribution is 2.48. The molecule has 5 aliphatic rings. The Morgan fingerprint density at radius 3 is 1.96 bits per heavy atom. The van der Waals surface area contributed by atoms with Gasteiger partial charge in [0.2, 0.25) is 0 Å². The van der Waals surface area contributed by atoms with Gasteiger partial charge < -0.3 is 28.8 Å². The third-order valence-corrected chi connectivity index (χ3v) is 6.40. The average Bonchev–Trinajstić information content (AvgIpc) is 2.97. The maximum Gasteiger partial charge on any atom is 0.184 e. The van der Waals surface area contributed by atoms with Crippen molar-refractivity contribution in [2.75, 3.05) is 6.61 Å². The van der Waals surface area contributed by atoms with Gasteiger partial charge in [0.15, 0.2) is 17.9 Å². The minimum Gasteiger partial charge on any atom is -0.366 e. The van der Waals surface area contributed by atoms with Gasteiger partial charge in [-0.05, 0) is 25.7 Å². The van der Waals surface area contributed by atoms with Crippen LogP contribution >= 0.6 is 0 Å². The smallest absolute Gasteiger partial charge is 0.184 e. The number of aliphatic hydroxyl groups excluding tert-OH is 1. The van der Waals surface area contributed by atoms with Crippen molar-refractivity contribution in [3.63, 3.8) is 0 Å². The predicted octanol–water partition coefficient (Wildman–Crippen LogP) is 2.22. The van der Waals surface area contributed by atoms with Crippen LogP contribution in [0.1, 0.15) is 64.2 Å². The number of hydrogen-bond acceptors (Lipinski definition) is 6. The zero-order valence-electron chi connectivity index (χ0n) is 14.2. The maximum absolute atomic E-state index is 10.4. The fourth-order valence-electron chi connectivity index (χ4n) is 5.15. The lowest BCUT2D eigenvalue weighted by Crippen LogP contribution is -2.64. The molecular formula is C18H28O6. The van der Waals surface area contributed by atoms with E-state index in [1.807, 2.05) is 0 Å². The first kappa shape index (κ1) is 16.0. The largest absolute Gasteiger partial charge is 0.366 e. The van der Waals surface area contributed by atoms with Gasteiger partial charge >= 0.3 is 0 Å². The Hall–Kier alpha value is -0.240. The molecule has 24 heavy (non-hydrogen) atoms. The number of ether oxygens (including phenoxy) is 5. The maximum atomic E-state index is 10.4. The van der Waals surface area contributed by atoms with Gasteiger partial charge in [0.05, 0.1) is 6.61 Å². The molecule has 1 N–H and O–H groups in total. The van der Waals surface area contributed by atoms with E-state index in [1.54, 1.807) is 0 Å². The molecule has 3 heterocycles. The summed E-state index contributed by atoms with van der Waals surface area (Å²) in [4.78, 5) is 0. The van der Waals surface area contributed by atoms with E-state index in [0.29, 0.717) is 6.61 Å². The second kappa shape index (κ2) is 5.89. The number of hydrogen-bond donors (Lipinski definition) is 1. The molecule has 3 saturated heterocycles. The van der Waals surface area contributed by atoms with E-state index in [0.717, 1.165) is 51.4 Å². The van der Waals surface area contributed by atoms with E-state index in [1.165, 1.54) is 12.8 Å². The minimum atomic E-state index is -0.967. The molecule has 0 radical (unpaired) electrons. The van der Waals surface area contributed by atoms with Gasteiger partial charge in [-0.1, -0.05) is 12.8 Å². The lowest BCUT2D eigenvalue weighted by molar-refractivity contribution is -0.382. The van der Waals surface area contributed by atoms with Crippen molar-refractivity contribution in [1.82, 2.24) is 0 Å². The van der Waals surface area contributed by atoms with Crippen LogP contribution in [0, 0.1) is 0 Å².